The molecule has 0 saturated heterocycles. The van der Waals surface area contributed by atoms with Gasteiger partial charge in [0.2, 0.25) is 11.8 Å². The van der Waals surface area contributed by atoms with E-state index in [1.807, 2.05) is 12.2 Å². The van der Waals surface area contributed by atoms with Gasteiger partial charge in [-0.05, 0) is 19.3 Å². The fourth-order valence-corrected chi connectivity index (χ4v) is 2.18. The lowest BCUT2D eigenvalue weighted by atomic mass is 10.1. The molecule has 2 amide bonds. The molecule has 22 heavy (non-hydrogen) atoms. The van der Waals surface area contributed by atoms with Crippen LogP contribution in [0, 0.1) is 0 Å². The molecule has 2 aliphatic carbocycles. The number of hydrogen-bond donors (Lipinski definition) is 3. The number of rotatable bonds is 7. The van der Waals surface area contributed by atoms with Gasteiger partial charge in [0.05, 0.1) is 0 Å². The van der Waals surface area contributed by atoms with Crippen LogP contribution < -0.4 is 10.6 Å². The van der Waals surface area contributed by atoms with E-state index in [9.17, 15) is 14.4 Å². The number of amides is 2. The SMILES string of the molecule is O=C(NCCC(NC(=O)C1=CC=CC1)C(=O)O)C1=CC=CC1. The second kappa shape index (κ2) is 7.40. The smallest absolute Gasteiger partial charge is 0.326 e. The number of carboxylic acids is 1. The lowest BCUT2D eigenvalue weighted by Crippen LogP contribution is -2.43. The summed E-state index contributed by atoms with van der Waals surface area (Å²) in [6.45, 7) is 0.185. The highest BCUT2D eigenvalue weighted by Crippen LogP contribution is 2.11. The fourth-order valence-electron chi connectivity index (χ4n) is 2.18. The zero-order valence-corrected chi connectivity index (χ0v) is 12.0. The Morgan fingerprint density at radius 1 is 1.05 bits per heavy atom. The molecule has 6 nitrogen and oxygen atoms in total. The van der Waals surface area contributed by atoms with E-state index in [2.05, 4.69) is 10.6 Å². The summed E-state index contributed by atoms with van der Waals surface area (Å²) < 4.78 is 0. The largest absolute Gasteiger partial charge is 0.480 e. The van der Waals surface area contributed by atoms with E-state index >= 15 is 0 Å². The van der Waals surface area contributed by atoms with E-state index < -0.39 is 12.0 Å². The van der Waals surface area contributed by atoms with Gasteiger partial charge in [-0.1, -0.05) is 36.5 Å². The average molecular weight is 302 g/mol. The molecule has 0 aromatic rings. The van der Waals surface area contributed by atoms with Crippen molar-refractivity contribution >= 4 is 17.8 Å². The van der Waals surface area contributed by atoms with Crippen molar-refractivity contribution in [2.24, 2.45) is 0 Å². The molecule has 2 rings (SSSR count). The predicted octanol–water partition coefficient (Wildman–Crippen LogP) is 0.835. The number of nitrogens with one attached hydrogen (secondary N) is 2. The van der Waals surface area contributed by atoms with Crippen LogP contribution in [0.4, 0.5) is 0 Å². The van der Waals surface area contributed by atoms with Crippen molar-refractivity contribution < 1.29 is 19.5 Å². The van der Waals surface area contributed by atoms with Crippen LogP contribution in [0.15, 0.2) is 47.6 Å². The normalized spacial score (nSPS) is 16.9. The van der Waals surface area contributed by atoms with Crippen molar-refractivity contribution in [1.29, 1.82) is 0 Å². The van der Waals surface area contributed by atoms with Crippen LogP contribution in [0.2, 0.25) is 0 Å². The standard InChI is InChI=1S/C16H18N2O4/c19-14(11-5-1-2-6-11)17-10-9-13(16(21)22)18-15(20)12-7-3-4-8-12/h1-5,7,13H,6,8-10H2,(H,17,19)(H,18,20)(H,21,22). The van der Waals surface area contributed by atoms with Gasteiger partial charge in [0.15, 0.2) is 0 Å². The van der Waals surface area contributed by atoms with Crippen molar-refractivity contribution in [2.45, 2.75) is 25.3 Å². The molecule has 0 radical (unpaired) electrons. The first-order valence-electron chi connectivity index (χ1n) is 7.11. The van der Waals surface area contributed by atoms with Gasteiger partial charge in [-0.15, -0.1) is 0 Å². The van der Waals surface area contributed by atoms with Crippen LogP contribution in [0.1, 0.15) is 19.3 Å². The molecule has 116 valence electrons. The molecule has 1 atom stereocenters. The van der Waals surface area contributed by atoms with Crippen LogP contribution in [-0.2, 0) is 14.4 Å². The summed E-state index contributed by atoms with van der Waals surface area (Å²) in [5.74, 6) is -1.70. The first-order chi connectivity index (χ1) is 10.6. The Morgan fingerprint density at radius 3 is 2.14 bits per heavy atom. The number of carbonyl (C=O) groups is 3. The Labute approximate surface area is 128 Å². The molecular formula is C16H18N2O4. The first-order valence-corrected chi connectivity index (χ1v) is 7.11. The van der Waals surface area contributed by atoms with Gasteiger partial charge in [0, 0.05) is 17.7 Å². The van der Waals surface area contributed by atoms with Gasteiger partial charge in [-0.3, -0.25) is 9.59 Å². The maximum Gasteiger partial charge on any atom is 0.326 e. The number of hydrogen-bond acceptors (Lipinski definition) is 3. The Hall–Kier alpha value is -2.63. The molecule has 3 N–H and O–H groups in total. The Morgan fingerprint density at radius 2 is 1.64 bits per heavy atom. The topological polar surface area (TPSA) is 95.5 Å². The summed E-state index contributed by atoms with van der Waals surface area (Å²) in [4.78, 5) is 34.8. The van der Waals surface area contributed by atoms with E-state index in [-0.39, 0.29) is 24.8 Å². The molecular weight excluding hydrogens is 284 g/mol. The summed E-state index contributed by atoms with van der Waals surface area (Å²) in [6.07, 6.45) is 11.9. The van der Waals surface area contributed by atoms with Gasteiger partial charge < -0.3 is 15.7 Å². The maximum absolute atomic E-state index is 11.9. The third kappa shape index (κ3) is 4.18. The third-order valence-corrected chi connectivity index (χ3v) is 3.45. The van der Waals surface area contributed by atoms with Crippen molar-refractivity contribution in [3.05, 3.63) is 47.6 Å². The minimum atomic E-state index is -1.11. The quantitative estimate of drug-likeness (QED) is 0.649. The average Bonchev–Trinajstić information content (AvgIpc) is 3.18. The molecule has 0 saturated carbocycles. The summed E-state index contributed by atoms with van der Waals surface area (Å²) in [7, 11) is 0. The molecule has 6 heteroatoms. The van der Waals surface area contributed by atoms with Crippen molar-refractivity contribution in [3.8, 4) is 0 Å². The predicted molar refractivity (Wildman–Crippen MR) is 80.9 cm³/mol. The molecule has 0 fully saturated rings. The Balaban J connectivity index is 1.78. The number of carboxylic acid groups (broad SMARTS) is 1. The number of allylic oxidation sites excluding steroid dienone is 6. The van der Waals surface area contributed by atoms with E-state index in [1.54, 1.807) is 24.3 Å². The van der Waals surface area contributed by atoms with Crippen LogP contribution in [-0.4, -0.2) is 35.5 Å². The number of aliphatic carboxylic acids is 1. The highest BCUT2D eigenvalue weighted by Gasteiger charge is 2.22. The van der Waals surface area contributed by atoms with Crippen LogP contribution in [0.5, 0.6) is 0 Å². The zero-order chi connectivity index (χ0) is 15.9. The summed E-state index contributed by atoms with van der Waals surface area (Å²) in [5, 5.41) is 14.3. The number of carbonyl (C=O) groups excluding carboxylic acids is 2. The minimum Gasteiger partial charge on any atom is -0.480 e. The lowest BCUT2D eigenvalue weighted by Gasteiger charge is -2.15. The van der Waals surface area contributed by atoms with E-state index in [0.29, 0.717) is 24.0 Å². The van der Waals surface area contributed by atoms with Crippen LogP contribution >= 0.6 is 0 Å². The van der Waals surface area contributed by atoms with Gasteiger partial charge in [-0.25, -0.2) is 4.79 Å². The second-order valence-corrected chi connectivity index (χ2v) is 5.06. The molecule has 0 heterocycles. The van der Waals surface area contributed by atoms with Gasteiger partial charge in [0.1, 0.15) is 6.04 Å². The van der Waals surface area contributed by atoms with Crippen molar-refractivity contribution in [3.63, 3.8) is 0 Å². The Bertz CT molecular complexity index is 599. The highest BCUT2D eigenvalue weighted by atomic mass is 16.4. The van der Waals surface area contributed by atoms with Crippen LogP contribution in [0.3, 0.4) is 0 Å². The monoisotopic (exact) mass is 302 g/mol. The van der Waals surface area contributed by atoms with Crippen molar-refractivity contribution in [2.75, 3.05) is 6.54 Å². The summed E-state index contributed by atoms with van der Waals surface area (Å²) >= 11 is 0. The molecule has 1 unspecified atom stereocenters. The lowest BCUT2D eigenvalue weighted by molar-refractivity contribution is -0.141. The minimum absolute atomic E-state index is 0.133. The Kier molecular flexibility index (Phi) is 5.30. The molecule has 0 bridgehead atoms. The van der Waals surface area contributed by atoms with E-state index in [4.69, 9.17) is 5.11 Å². The maximum atomic E-state index is 11.9. The first kappa shape index (κ1) is 15.8. The molecule has 0 aromatic carbocycles. The summed E-state index contributed by atoms with van der Waals surface area (Å²) in [5.41, 5.74) is 1.19. The van der Waals surface area contributed by atoms with E-state index in [1.165, 1.54) is 0 Å². The van der Waals surface area contributed by atoms with E-state index in [0.717, 1.165) is 0 Å². The van der Waals surface area contributed by atoms with Gasteiger partial charge in [0.25, 0.3) is 0 Å². The molecule has 0 spiro atoms. The third-order valence-electron chi connectivity index (χ3n) is 3.45. The molecule has 2 aliphatic rings. The van der Waals surface area contributed by atoms with Gasteiger partial charge in [-0.2, -0.15) is 0 Å². The fraction of sp³-hybridized carbons (Fsp3) is 0.312. The second-order valence-electron chi connectivity index (χ2n) is 5.06. The van der Waals surface area contributed by atoms with Crippen molar-refractivity contribution in [1.82, 2.24) is 10.6 Å². The zero-order valence-electron chi connectivity index (χ0n) is 12.0. The molecule has 0 aliphatic heterocycles. The summed E-state index contributed by atoms with van der Waals surface area (Å²) in [6, 6.07) is -1.02. The molecule has 0 aromatic heterocycles. The van der Waals surface area contributed by atoms with Crippen LogP contribution in [0.25, 0.3) is 0 Å². The van der Waals surface area contributed by atoms with Gasteiger partial charge >= 0.3 is 5.97 Å². The highest BCUT2D eigenvalue weighted by molar-refractivity contribution is 5.97.